The molecule has 2 aromatic rings. The molecule has 24 heavy (non-hydrogen) atoms. The SMILES string of the molecule is CC1CCCCC1NC(=O)[C@H]1Cc2c(sc3ccccc23)CN1.Cl. The summed E-state index contributed by atoms with van der Waals surface area (Å²) < 4.78 is 1.33. The summed E-state index contributed by atoms with van der Waals surface area (Å²) in [7, 11) is 0. The molecule has 1 aromatic carbocycles. The predicted molar refractivity (Wildman–Crippen MR) is 103 cm³/mol. The van der Waals surface area contributed by atoms with E-state index in [1.54, 1.807) is 0 Å². The fraction of sp³-hybridized carbons (Fsp3) is 0.526. The van der Waals surface area contributed by atoms with Gasteiger partial charge in [0.1, 0.15) is 0 Å². The number of nitrogens with one attached hydrogen (secondary N) is 2. The summed E-state index contributed by atoms with van der Waals surface area (Å²) in [5.74, 6) is 0.790. The molecule has 2 N–H and O–H groups in total. The molecule has 3 nitrogen and oxygen atoms in total. The molecule has 2 unspecified atom stereocenters. The van der Waals surface area contributed by atoms with Crippen molar-refractivity contribution >= 4 is 39.7 Å². The molecule has 0 radical (unpaired) electrons. The molecule has 3 atom stereocenters. The second kappa shape index (κ2) is 7.42. The molecular formula is C19H25ClN2OS. The van der Waals surface area contributed by atoms with Crippen LogP contribution in [0, 0.1) is 5.92 Å². The number of hydrogen-bond acceptors (Lipinski definition) is 3. The summed E-state index contributed by atoms with van der Waals surface area (Å²) in [6.07, 6.45) is 5.73. The fourth-order valence-electron chi connectivity index (χ4n) is 4.01. The van der Waals surface area contributed by atoms with Crippen LogP contribution in [0.3, 0.4) is 0 Å². The van der Waals surface area contributed by atoms with E-state index >= 15 is 0 Å². The van der Waals surface area contributed by atoms with Gasteiger partial charge in [0, 0.05) is 22.2 Å². The normalized spacial score (nSPS) is 26.5. The average molecular weight is 365 g/mol. The zero-order valence-electron chi connectivity index (χ0n) is 14.0. The van der Waals surface area contributed by atoms with Crippen LogP contribution in [0.25, 0.3) is 10.1 Å². The minimum atomic E-state index is -0.0883. The molecule has 4 rings (SSSR count). The van der Waals surface area contributed by atoms with Gasteiger partial charge in [-0.15, -0.1) is 23.7 Å². The Morgan fingerprint density at radius 1 is 1.25 bits per heavy atom. The lowest BCUT2D eigenvalue weighted by Gasteiger charge is -2.32. The second-order valence-electron chi connectivity index (χ2n) is 7.01. The summed E-state index contributed by atoms with van der Waals surface area (Å²) in [5, 5.41) is 8.08. The Bertz CT molecular complexity index is 729. The number of thiophene rings is 1. The third kappa shape index (κ3) is 3.32. The smallest absolute Gasteiger partial charge is 0.237 e. The highest BCUT2D eigenvalue weighted by molar-refractivity contribution is 7.19. The Balaban J connectivity index is 0.00000169. The number of amides is 1. The maximum atomic E-state index is 12.7. The van der Waals surface area contributed by atoms with Gasteiger partial charge in [-0.25, -0.2) is 0 Å². The van der Waals surface area contributed by atoms with Crippen molar-refractivity contribution in [2.45, 2.75) is 57.7 Å². The van der Waals surface area contributed by atoms with Crippen LogP contribution in [0.2, 0.25) is 0 Å². The number of carbonyl (C=O) groups is 1. The van der Waals surface area contributed by atoms with Crippen molar-refractivity contribution < 1.29 is 4.79 Å². The van der Waals surface area contributed by atoms with Crippen molar-refractivity contribution in [2.75, 3.05) is 0 Å². The van der Waals surface area contributed by atoms with Crippen molar-refractivity contribution in [3.8, 4) is 0 Å². The predicted octanol–water partition coefficient (Wildman–Crippen LogP) is 4.03. The van der Waals surface area contributed by atoms with Crippen molar-refractivity contribution in [1.29, 1.82) is 0 Å². The molecule has 1 saturated carbocycles. The van der Waals surface area contributed by atoms with Crippen LogP contribution in [0.15, 0.2) is 24.3 Å². The molecule has 0 bridgehead atoms. The van der Waals surface area contributed by atoms with Crippen LogP contribution < -0.4 is 10.6 Å². The molecular weight excluding hydrogens is 340 g/mol. The van der Waals surface area contributed by atoms with E-state index in [0.29, 0.717) is 12.0 Å². The van der Waals surface area contributed by atoms with Gasteiger partial charge in [0.05, 0.1) is 6.04 Å². The molecule has 2 heterocycles. The van der Waals surface area contributed by atoms with Gasteiger partial charge in [-0.3, -0.25) is 4.79 Å². The molecule has 0 spiro atoms. The number of halogens is 1. The largest absolute Gasteiger partial charge is 0.352 e. The molecule has 1 amide bonds. The van der Waals surface area contributed by atoms with Crippen molar-refractivity contribution in [2.24, 2.45) is 5.92 Å². The van der Waals surface area contributed by atoms with Gasteiger partial charge in [0.15, 0.2) is 0 Å². The van der Waals surface area contributed by atoms with Crippen LogP contribution in [0.5, 0.6) is 0 Å². The minimum absolute atomic E-state index is 0. The number of carbonyl (C=O) groups excluding carboxylic acids is 1. The van der Waals surface area contributed by atoms with Gasteiger partial charge in [0.25, 0.3) is 0 Å². The van der Waals surface area contributed by atoms with E-state index in [2.05, 4.69) is 41.8 Å². The lowest BCUT2D eigenvalue weighted by molar-refractivity contribution is -0.124. The average Bonchev–Trinajstić information content (AvgIpc) is 2.94. The quantitative estimate of drug-likeness (QED) is 0.844. The van der Waals surface area contributed by atoms with Gasteiger partial charge < -0.3 is 10.6 Å². The molecule has 5 heteroatoms. The van der Waals surface area contributed by atoms with Crippen LogP contribution in [0.1, 0.15) is 43.0 Å². The fourth-order valence-corrected chi connectivity index (χ4v) is 5.19. The summed E-state index contributed by atoms with van der Waals surface area (Å²) in [6, 6.07) is 8.82. The van der Waals surface area contributed by atoms with Crippen LogP contribution in [-0.4, -0.2) is 18.0 Å². The lowest BCUT2D eigenvalue weighted by atomic mass is 9.85. The highest BCUT2D eigenvalue weighted by Gasteiger charge is 2.30. The van der Waals surface area contributed by atoms with Gasteiger partial charge in [-0.05, 0) is 42.2 Å². The molecule has 1 fully saturated rings. The number of fused-ring (bicyclic) bond motifs is 3. The monoisotopic (exact) mass is 364 g/mol. The third-order valence-corrected chi connectivity index (χ3v) is 6.67. The van der Waals surface area contributed by atoms with Crippen molar-refractivity contribution in [3.05, 3.63) is 34.7 Å². The Kier molecular flexibility index (Phi) is 5.48. The van der Waals surface area contributed by atoms with Crippen molar-refractivity contribution in [3.63, 3.8) is 0 Å². The highest BCUT2D eigenvalue weighted by atomic mass is 35.5. The Morgan fingerprint density at radius 3 is 2.88 bits per heavy atom. The van der Waals surface area contributed by atoms with Gasteiger partial charge in [-0.1, -0.05) is 38.0 Å². The van der Waals surface area contributed by atoms with Crippen molar-refractivity contribution in [1.82, 2.24) is 10.6 Å². The first-order chi connectivity index (χ1) is 11.2. The first-order valence-electron chi connectivity index (χ1n) is 8.75. The standard InChI is InChI=1S/C19H24N2OS.ClH/c1-12-6-2-4-8-15(12)21-19(22)16-10-14-13-7-3-5-9-17(13)23-18(14)11-20-16;/h3,5,7,9,12,15-16,20H,2,4,6,8,10-11H2,1H3,(H,21,22);1H/t12?,15?,16-;/m1./s1. The van der Waals surface area contributed by atoms with E-state index in [9.17, 15) is 4.79 Å². The van der Waals surface area contributed by atoms with Crippen LogP contribution >= 0.6 is 23.7 Å². The van der Waals surface area contributed by atoms with E-state index in [0.717, 1.165) is 19.4 Å². The summed E-state index contributed by atoms with van der Waals surface area (Å²) in [4.78, 5) is 14.1. The molecule has 1 aromatic heterocycles. The first kappa shape index (κ1) is 17.7. The Morgan fingerprint density at radius 2 is 2.04 bits per heavy atom. The topological polar surface area (TPSA) is 41.1 Å². The van der Waals surface area contributed by atoms with Gasteiger partial charge in [0.2, 0.25) is 5.91 Å². The van der Waals surface area contributed by atoms with E-state index in [1.807, 2.05) is 11.3 Å². The third-order valence-electron chi connectivity index (χ3n) is 5.45. The van der Waals surface area contributed by atoms with Crippen LogP contribution in [-0.2, 0) is 17.8 Å². The van der Waals surface area contributed by atoms with E-state index in [-0.39, 0.29) is 24.4 Å². The lowest BCUT2D eigenvalue weighted by Crippen LogP contribution is -2.52. The molecule has 0 saturated heterocycles. The maximum absolute atomic E-state index is 12.7. The minimum Gasteiger partial charge on any atom is -0.352 e. The second-order valence-corrected chi connectivity index (χ2v) is 8.15. The molecule has 130 valence electrons. The molecule has 1 aliphatic carbocycles. The summed E-state index contributed by atoms with van der Waals surface area (Å²) in [5.41, 5.74) is 1.38. The Hall–Kier alpha value is -1.10. The first-order valence-corrected chi connectivity index (χ1v) is 9.57. The van der Waals surface area contributed by atoms with E-state index < -0.39 is 0 Å². The summed E-state index contributed by atoms with van der Waals surface area (Å²) in [6.45, 7) is 3.08. The zero-order chi connectivity index (χ0) is 15.8. The maximum Gasteiger partial charge on any atom is 0.237 e. The number of hydrogen-bond donors (Lipinski definition) is 2. The molecule has 1 aliphatic heterocycles. The van der Waals surface area contributed by atoms with Gasteiger partial charge in [-0.2, -0.15) is 0 Å². The number of rotatable bonds is 2. The number of benzene rings is 1. The van der Waals surface area contributed by atoms with E-state index in [1.165, 1.54) is 39.8 Å². The zero-order valence-corrected chi connectivity index (χ0v) is 15.6. The molecule has 2 aliphatic rings. The highest BCUT2D eigenvalue weighted by Crippen LogP contribution is 2.34. The van der Waals surface area contributed by atoms with E-state index in [4.69, 9.17) is 0 Å². The summed E-state index contributed by atoms with van der Waals surface area (Å²) >= 11 is 1.86. The van der Waals surface area contributed by atoms with Gasteiger partial charge >= 0.3 is 0 Å². The van der Waals surface area contributed by atoms with Crippen LogP contribution in [0.4, 0.5) is 0 Å². The Labute approximate surface area is 153 Å².